The Kier molecular flexibility index (Phi) is 4.97. The molecule has 3 nitrogen and oxygen atoms in total. The number of benzene rings is 1. The van der Waals surface area contributed by atoms with Gasteiger partial charge in [-0.25, -0.2) is 0 Å². The minimum atomic E-state index is 0.245. The molecule has 1 saturated carbocycles. The van der Waals surface area contributed by atoms with Gasteiger partial charge in [0.2, 0.25) is 5.91 Å². The summed E-state index contributed by atoms with van der Waals surface area (Å²) < 4.78 is 0. The van der Waals surface area contributed by atoms with E-state index in [1.807, 2.05) is 29.2 Å². The van der Waals surface area contributed by atoms with E-state index in [2.05, 4.69) is 6.92 Å². The van der Waals surface area contributed by atoms with Crippen LogP contribution in [0.5, 0.6) is 0 Å². The zero-order valence-corrected chi connectivity index (χ0v) is 11.8. The van der Waals surface area contributed by atoms with Crippen molar-refractivity contribution in [2.24, 2.45) is 11.7 Å². The summed E-state index contributed by atoms with van der Waals surface area (Å²) in [6, 6.07) is 8.03. The quantitative estimate of drug-likeness (QED) is 0.853. The molecule has 1 aromatic carbocycles. The Labute approximate surface area is 115 Å². The number of nitrogens with two attached hydrogens (primary N) is 1. The van der Waals surface area contributed by atoms with E-state index in [1.54, 1.807) is 0 Å². The number of hydrogen-bond donors (Lipinski definition) is 1. The van der Waals surface area contributed by atoms with Crippen LogP contribution in [-0.4, -0.2) is 23.9 Å². The SMILES string of the molecule is CCN(CC1CCC1)C(=O)Cc1ccc(CN)cc1. The van der Waals surface area contributed by atoms with Crippen molar-refractivity contribution in [2.45, 2.75) is 39.2 Å². The first-order valence-electron chi connectivity index (χ1n) is 7.28. The fourth-order valence-corrected chi connectivity index (χ4v) is 2.47. The molecule has 1 aliphatic carbocycles. The second-order valence-electron chi connectivity index (χ2n) is 5.43. The molecule has 0 aliphatic heterocycles. The number of hydrogen-bond acceptors (Lipinski definition) is 2. The fourth-order valence-electron chi connectivity index (χ4n) is 2.47. The highest BCUT2D eigenvalue weighted by Gasteiger charge is 2.22. The molecule has 1 aromatic rings. The van der Waals surface area contributed by atoms with Crippen molar-refractivity contribution in [3.63, 3.8) is 0 Å². The largest absolute Gasteiger partial charge is 0.342 e. The van der Waals surface area contributed by atoms with Crippen LogP contribution < -0.4 is 5.73 Å². The van der Waals surface area contributed by atoms with Crippen molar-refractivity contribution < 1.29 is 4.79 Å². The maximum Gasteiger partial charge on any atom is 0.226 e. The van der Waals surface area contributed by atoms with Gasteiger partial charge in [0.05, 0.1) is 6.42 Å². The number of carbonyl (C=O) groups is 1. The van der Waals surface area contributed by atoms with E-state index in [-0.39, 0.29) is 5.91 Å². The minimum absolute atomic E-state index is 0.245. The molecule has 0 saturated heterocycles. The molecule has 1 fully saturated rings. The highest BCUT2D eigenvalue weighted by Crippen LogP contribution is 2.27. The van der Waals surface area contributed by atoms with Gasteiger partial charge in [-0.1, -0.05) is 30.7 Å². The first-order chi connectivity index (χ1) is 9.22. The van der Waals surface area contributed by atoms with Gasteiger partial charge in [-0.2, -0.15) is 0 Å². The Morgan fingerprint density at radius 3 is 2.37 bits per heavy atom. The lowest BCUT2D eigenvalue weighted by molar-refractivity contribution is -0.131. The average Bonchev–Trinajstić information content (AvgIpc) is 2.38. The lowest BCUT2D eigenvalue weighted by Crippen LogP contribution is -2.38. The van der Waals surface area contributed by atoms with Crippen LogP contribution in [-0.2, 0) is 17.8 Å². The van der Waals surface area contributed by atoms with Crippen molar-refractivity contribution in [2.75, 3.05) is 13.1 Å². The van der Waals surface area contributed by atoms with Crippen LogP contribution in [0.3, 0.4) is 0 Å². The summed E-state index contributed by atoms with van der Waals surface area (Å²) in [4.78, 5) is 14.3. The Hall–Kier alpha value is -1.35. The summed E-state index contributed by atoms with van der Waals surface area (Å²) in [6.07, 6.45) is 4.41. The minimum Gasteiger partial charge on any atom is -0.342 e. The first-order valence-corrected chi connectivity index (χ1v) is 7.28. The Morgan fingerprint density at radius 1 is 1.26 bits per heavy atom. The van der Waals surface area contributed by atoms with Crippen molar-refractivity contribution in [3.05, 3.63) is 35.4 Å². The van der Waals surface area contributed by atoms with Gasteiger partial charge in [-0.05, 0) is 36.8 Å². The average molecular weight is 260 g/mol. The Balaban J connectivity index is 1.89. The van der Waals surface area contributed by atoms with Crippen LogP contribution in [0.15, 0.2) is 24.3 Å². The standard InChI is InChI=1S/C16H24N2O/c1-2-18(12-15-4-3-5-15)16(19)10-13-6-8-14(11-17)9-7-13/h6-9,15H,2-5,10-12,17H2,1H3. The number of nitrogens with zero attached hydrogens (tertiary/aromatic N) is 1. The van der Waals surface area contributed by atoms with Gasteiger partial charge in [0.1, 0.15) is 0 Å². The Morgan fingerprint density at radius 2 is 1.89 bits per heavy atom. The zero-order chi connectivity index (χ0) is 13.7. The predicted molar refractivity (Wildman–Crippen MR) is 77.6 cm³/mol. The summed E-state index contributed by atoms with van der Waals surface area (Å²) in [5, 5.41) is 0. The van der Waals surface area contributed by atoms with E-state index < -0.39 is 0 Å². The van der Waals surface area contributed by atoms with E-state index in [4.69, 9.17) is 5.73 Å². The number of likely N-dealkylation sites (N-methyl/N-ethyl adjacent to an activating group) is 1. The third-order valence-corrected chi connectivity index (χ3v) is 4.05. The molecule has 104 valence electrons. The monoisotopic (exact) mass is 260 g/mol. The van der Waals surface area contributed by atoms with Gasteiger partial charge in [0.25, 0.3) is 0 Å². The van der Waals surface area contributed by atoms with Crippen LogP contribution in [0.25, 0.3) is 0 Å². The van der Waals surface area contributed by atoms with Crippen molar-refractivity contribution in [1.82, 2.24) is 4.90 Å². The third kappa shape index (κ3) is 3.80. The predicted octanol–water partition coefficient (Wildman–Crippen LogP) is 2.34. The van der Waals surface area contributed by atoms with Gasteiger partial charge in [0, 0.05) is 19.6 Å². The van der Waals surface area contributed by atoms with E-state index in [1.165, 1.54) is 19.3 Å². The fraction of sp³-hybridized carbons (Fsp3) is 0.562. The van der Waals surface area contributed by atoms with Crippen LogP contribution in [0.4, 0.5) is 0 Å². The molecule has 0 bridgehead atoms. The van der Waals surface area contributed by atoms with Crippen molar-refractivity contribution in [1.29, 1.82) is 0 Å². The molecule has 3 heteroatoms. The molecule has 19 heavy (non-hydrogen) atoms. The van der Waals surface area contributed by atoms with E-state index in [0.717, 1.165) is 30.1 Å². The molecule has 0 unspecified atom stereocenters. The molecule has 1 amide bonds. The molecule has 1 aliphatic rings. The van der Waals surface area contributed by atoms with Crippen LogP contribution in [0, 0.1) is 5.92 Å². The number of rotatable bonds is 6. The van der Waals surface area contributed by atoms with Gasteiger partial charge in [-0.3, -0.25) is 4.79 Å². The maximum absolute atomic E-state index is 12.3. The lowest BCUT2D eigenvalue weighted by atomic mass is 9.85. The van der Waals surface area contributed by atoms with Crippen LogP contribution in [0.1, 0.15) is 37.3 Å². The summed E-state index contributed by atoms with van der Waals surface area (Å²) in [7, 11) is 0. The van der Waals surface area contributed by atoms with Crippen LogP contribution in [0.2, 0.25) is 0 Å². The summed E-state index contributed by atoms with van der Waals surface area (Å²) in [5.41, 5.74) is 7.76. The van der Waals surface area contributed by atoms with Gasteiger partial charge in [-0.15, -0.1) is 0 Å². The topological polar surface area (TPSA) is 46.3 Å². The highest BCUT2D eigenvalue weighted by molar-refractivity contribution is 5.78. The normalized spacial score (nSPS) is 15.1. The second kappa shape index (κ2) is 6.71. The van der Waals surface area contributed by atoms with Gasteiger partial charge >= 0.3 is 0 Å². The lowest BCUT2D eigenvalue weighted by Gasteiger charge is -2.31. The second-order valence-corrected chi connectivity index (χ2v) is 5.43. The van der Waals surface area contributed by atoms with E-state index in [9.17, 15) is 4.79 Å². The molecule has 0 heterocycles. The molecule has 0 radical (unpaired) electrons. The maximum atomic E-state index is 12.3. The molecule has 0 aromatic heterocycles. The highest BCUT2D eigenvalue weighted by atomic mass is 16.2. The summed E-state index contributed by atoms with van der Waals surface area (Å²) in [5.74, 6) is 0.985. The molecule has 0 spiro atoms. The zero-order valence-electron chi connectivity index (χ0n) is 11.8. The third-order valence-electron chi connectivity index (χ3n) is 4.05. The van der Waals surface area contributed by atoms with Crippen molar-refractivity contribution >= 4 is 5.91 Å². The van der Waals surface area contributed by atoms with E-state index >= 15 is 0 Å². The number of amides is 1. The van der Waals surface area contributed by atoms with Crippen LogP contribution >= 0.6 is 0 Å². The van der Waals surface area contributed by atoms with Crippen molar-refractivity contribution in [3.8, 4) is 0 Å². The molecule has 2 N–H and O–H groups in total. The number of carbonyl (C=O) groups excluding carboxylic acids is 1. The smallest absolute Gasteiger partial charge is 0.226 e. The summed E-state index contributed by atoms with van der Waals surface area (Å²) >= 11 is 0. The Bertz CT molecular complexity index is 409. The molecular weight excluding hydrogens is 236 g/mol. The van der Waals surface area contributed by atoms with Gasteiger partial charge in [0.15, 0.2) is 0 Å². The molecule has 2 rings (SSSR count). The first kappa shape index (κ1) is 14.1. The molecule has 0 atom stereocenters. The summed E-state index contributed by atoms with van der Waals surface area (Å²) in [6.45, 7) is 4.37. The van der Waals surface area contributed by atoms with E-state index in [0.29, 0.717) is 13.0 Å². The van der Waals surface area contributed by atoms with Gasteiger partial charge < -0.3 is 10.6 Å². The molecular formula is C16H24N2O.